The zero-order chi connectivity index (χ0) is 13.9. The van der Waals surface area contributed by atoms with Crippen LogP contribution in [0.15, 0.2) is 59.0 Å². The molecule has 0 spiro atoms. The van der Waals surface area contributed by atoms with E-state index in [9.17, 15) is 0 Å². The fourth-order valence-electron chi connectivity index (χ4n) is 2.23. The highest BCUT2D eigenvalue weighted by atomic mass is 79.9. The van der Waals surface area contributed by atoms with Gasteiger partial charge in [0.1, 0.15) is 17.1 Å². The predicted molar refractivity (Wildman–Crippen MR) is 84.6 cm³/mol. The van der Waals surface area contributed by atoms with Crippen LogP contribution in [0.3, 0.4) is 0 Å². The molecule has 3 rings (SSSR count). The first kappa shape index (κ1) is 13.3. The van der Waals surface area contributed by atoms with Crippen LogP contribution in [0, 0.1) is 0 Å². The van der Waals surface area contributed by atoms with Crippen molar-refractivity contribution in [3.8, 4) is 5.75 Å². The Labute approximate surface area is 126 Å². The molecule has 0 amide bonds. The Balaban J connectivity index is 1.79. The molecule has 2 aromatic carbocycles. The summed E-state index contributed by atoms with van der Waals surface area (Å²) >= 11 is 3.71. The second-order valence-electron chi connectivity index (χ2n) is 4.71. The molecule has 2 nitrogen and oxygen atoms in total. The Morgan fingerprint density at radius 3 is 2.55 bits per heavy atom. The minimum atomic E-state index is 0.170. The third-order valence-electron chi connectivity index (χ3n) is 3.33. The van der Waals surface area contributed by atoms with E-state index in [2.05, 4.69) is 40.2 Å². The fourth-order valence-corrected chi connectivity index (χ4v) is 2.83. The molecule has 0 fully saturated rings. The molecule has 1 heterocycles. The molecule has 20 heavy (non-hydrogen) atoms. The van der Waals surface area contributed by atoms with Gasteiger partial charge in [-0.2, -0.15) is 0 Å². The van der Waals surface area contributed by atoms with Crippen molar-refractivity contribution in [2.75, 3.05) is 7.11 Å². The average molecular weight is 331 g/mol. The van der Waals surface area contributed by atoms with Gasteiger partial charge in [0.25, 0.3) is 0 Å². The summed E-state index contributed by atoms with van der Waals surface area (Å²) in [5, 5.41) is 1.14. The molecular formula is C17H15BrO2. The molecule has 1 aromatic heterocycles. The highest BCUT2D eigenvalue weighted by Gasteiger charge is 2.13. The molecule has 0 N–H and O–H groups in total. The maximum absolute atomic E-state index is 5.88. The summed E-state index contributed by atoms with van der Waals surface area (Å²) < 4.78 is 11.0. The number of rotatable bonds is 4. The van der Waals surface area contributed by atoms with Gasteiger partial charge in [-0.15, -0.1) is 0 Å². The number of ether oxygens (including phenoxy) is 1. The lowest BCUT2D eigenvalue weighted by Gasteiger charge is -2.07. The number of methoxy groups -OCH3 is 1. The van der Waals surface area contributed by atoms with E-state index in [0.717, 1.165) is 28.9 Å². The van der Waals surface area contributed by atoms with E-state index in [-0.39, 0.29) is 4.83 Å². The SMILES string of the molecule is COc1ccc(CC(Br)c2cc3ccccc3o2)cc1. The highest BCUT2D eigenvalue weighted by Crippen LogP contribution is 2.32. The fraction of sp³-hybridized carbons (Fsp3) is 0.176. The maximum Gasteiger partial charge on any atom is 0.134 e. The number of furan rings is 1. The summed E-state index contributed by atoms with van der Waals surface area (Å²) in [6, 6.07) is 18.3. The lowest BCUT2D eigenvalue weighted by molar-refractivity contribution is 0.414. The number of hydrogen-bond acceptors (Lipinski definition) is 2. The number of alkyl halides is 1. The van der Waals surface area contributed by atoms with E-state index >= 15 is 0 Å². The van der Waals surface area contributed by atoms with Crippen molar-refractivity contribution in [1.29, 1.82) is 0 Å². The average Bonchev–Trinajstić information content (AvgIpc) is 2.92. The molecule has 0 aliphatic carbocycles. The monoisotopic (exact) mass is 330 g/mol. The van der Waals surface area contributed by atoms with Crippen LogP contribution in [0.25, 0.3) is 11.0 Å². The van der Waals surface area contributed by atoms with Gasteiger partial charge in [0, 0.05) is 5.39 Å². The summed E-state index contributed by atoms with van der Waals surface area (Å²) in [6.45, 7) is 0. The second kappa shape index (κ2) is 5.71. The highest BCUT2D eigenvalue weighted by molar-refractivity contribution is 9.09. The van der Waals surface area contributed by atoms with Gasteiger partial charge in [-0.3, -0.25) is 0 Å². The lowest BCUT2D eigenvalue weighted by Crippen LogP contribution is -1.94. The molecule has 1 atom stereocenters. The normalized spacial score (nSPS) is 12.5. The van der Waals surface area contributed by atoms with Crippen molar-refractivity contribution in [3.63, 3.8) is 0 Å². The maximum atomic E-state index is 5.88. The summed E-state index contributed by atoms with van der Waals surface area (Å²) in [4.78, 5) is 0.170. The van der Waals surface area contributed by atoms with Crippen molar-refractivity contribution in [2.45, 2.75) is 11.2 Å². The molecule has 0 bridgehead atoms. The first-order chi connectivity index (χ1) is 9.76. The van der Waals surface area contributed by atoms with Gasteiger partial charge < -0.3 is 9.15 Å². The van der Waals surface area contributed by atoms with Crippen LogP contribution in [0.2, 0.25) is 0 Å². The lowest BCUT2D eigenvalue weighted by atomic mass is 10.1. The molecule has 3 aromatic rings. The van der Waals surface area contributed by atoms with Crippen molar-refractivity contribution in [1.82, 2.24) is 0 Å². The molecule has 0 aliphatic heterocycles. The zero-order valence-electron chi connectivity index (χ0n) is 11.2. The van der Waals surface area contributed by atoms with Gasteiger partial charge in [-0.25, -0.2) is 0 Å². The van der Waals surface area contributed by atoms with Crippen LogP contribution in [0.5, 0.6) is 5.75 Å². The van der Waals surface area contributed by atoms with Crippen LogP contribution < -0.4 is 4.74 Å². The first-order valence-corrected chi connectivity index (χ1v) is 7.43. The van der Waals surface area contributed by atoms with Crippen molar-refractivity contribution < 1.29 is 9.15 Å². The van der Waals surface area contributed by atoms with Crippen LogP contribution >= 0.6 is 15.9 Å². The molecule has 0 saturated heterocycles. The molecular weight excluding hydrogens is 316 g/mol. The minimum Gasteiger partial charge on any atom is -0.497 e. The number of hydrogen-bond donors (Lipinski definition) is 0. The zero-order valence-corrected chi connectivity index (χ0v) is 12.8. The van der Waals surface area contributed by atoms with Gasteiger partial charge in [0.2, 0.25) is 0 Å². The smallest absolute Gasteiger partial charge is 0.134 e. The summed E-state index contributed by atoms with van der Waals surface area (Å²) in [6.07, 6.45) is 0.879. The third kappa shape index (κ3) is 2.73. The van der Waals surface area contributed by atoms with Crippen LogP contribution in [0.1, 0.15) is 16.2 Å². The van der Waals surface area contributed by atoms with E-state index in [1.807, 2.05) is 30.3 Å². The summed E-state index contributed by atoms with van der Waals surface area (Å²) in [5.41, 5.74) is 2.18. The van der Waals surface area contributed by atoms with Crippen molar-refractivity contribution in [2.24, 2.45) is 0 Å². The van der Waals surface area contributed by atoms with E-state index in [0.29, 0.717) is 0 Å². The number of fused-ring (bicyclic) bond motifs is 1. The predicted octanol–water partition coefficient (Wildman–Crippen LogP) is 5.12. The quantitative estimate of drug-likeness (QED) is 0.619. The topological polar surface area (TPSA) is 22.4 Å². The Morgan fingerprint density at radius 1 is 1.10 bits per heavy atom. The van der Waals surface area contributed by atoms with Crippen LogP contribution in [-0.4, -0.2) is 7.11 Å². The van der Waals surface area contributed by atoms with Gasteiger partial charge in [0.15, 0.2) is 0 Å². The molecule has 0 aliphatic rings. The van der Waals surface area contributed by atoms with Crippen molar-refractivity contribution in [3.05, 3.63) is 65.9 Å². The van der Waals surface area contributed by atoms with Crippen molar-refractivity contribution >= 4 is 26.9 Å². The van der Waals surface area contributed by atoms with E-state index in [1.165, 1.54) is 5.56 Å². The minimum absolute atomic E-state index is 0.170. The molecule has 3 heteroatoms. The summed E-state index contributed by atoms with van der Waals surface area (Å²) in [7, 11) is 1.68. The second-order valence-corrected chi connectivity index (χ2v) is 5.81. The Hall–Kier alpha value is -1.74. The first-order valence-electron chi connectivity index (χ1n) is 6.52. The summed E-state index contributed by atoms with van der Waals surface area (Å²) in [5.74, 6) is 1.84. The van der Waals surface area contributed by atoms with Gasteiger partial charge in [-0.1, -0.05) is 46.3 Å². The van der Waals surface area contributed by atoms with Gasteiger partial charge >= 0.3 is 0 Å². The number of benzene rings is 2. The molecule has 0 radical (unpaired) electrons. The Bertz CT molecular complexity index is 667. The molecule has 0 saturated carbocycles. The van der Waals surface area contributed by atoms with Gasteiger partial charge in [0.05, 0.1) is 11.9 Å². The van der Waals surface area contributed by atoms with Crippen LogP contribution in [-0.2, 0) is 6.42 Å². The Kier molecular flexibility index (Phi) is 3.79. The van der Waals surface area contributed by atoms with E-state index in [4.69, 9.17) is 9.15 Å². The van der Waals surface area contributed by atoms with Gasteiger partial charge in [-0.05, 0) is 36.2 Å². The van der Waals surface area contributed by atoms with E-state index in [1.54, 1.807) is 7.11 Å². The molecule has 1 unspecified atom stereocenters. The van der Waals surface area contributed by atoms with E-state index < -0.39 is 0 Å². The standard InChI is InChI=1S/C17H15BrO2/c1-19-14-8-6-12(7-9-14)10-15(18)17-11-13-4-2-3-5-16(13)20-17/h2-9,11,15H,10H2,1H3. The number of halogens is 1. The number of para-hydroxylation sites is 1. The van der Waals surface area contributed by atoms with Crippen LogP contribution in [0.4, 0.5) is 0 Å². The third-order valence-corrected chi connectivity index (χ3v) is 4.10. The largest absolute Gasteiger partial charge is 0.497 e. The molecule has 102 valence electrons. The Morgan fingerprint density at radius 2 is 1.85 bits per heavy atom.